The topological polar surface area (TPSA) is 43.4 Å². The van der Waals surface area contributed by atoms with Gasteiger partial charge in [0.1, 0.15) is 0 Å². The second kappa shape index (κ2) is 8.04. The third kappa shape index (κ3) is 3.52. The Morgan fingerprint density at radius 3 is 1.14 bits per heavy atom. The first-order chi connectivity index (χ1) is 18.0. The van der Waals surface area contributed by atoms with E-state index in [0.717, 1.165) is 46.6 Å². The zero-order valence-electron chi connectivity index (χ0n) is 21.8. The molecule has 0 aliphatic heterocycles. The lowest BCUT2D eigenvalue weighted by Gasteiger charge is -2.57. The lowest BCUT2D eigenvalue weighted by Crippen LogP contribution is -2.49. The fourth-order valence-electron chi connectivity index (χ4n) is 11.3. The van der Waals surface area contributed by atoms with E-state index in [2.05, 4.69) is 24.3 Å². The van der Waals surface area contributed by atoms with Gasteiger partial charge in [-0.1, -0.05) is 36.4 Å². The third-order valence-corrected chi connectivity index (χ3v) is 11.7. The van der Waals surface area contributed by atoms with Gasteiger partial charge in [-0.2, -0.15) is 0 Å². The Morgan fingerprint density at radius 1 is 0.514 bits per heavy atom. The Morgan fingerprint density at radius 2 is 0.811 bits per heavy atom. The molecular formula is C34H38O3. The number of rotatable bonds is 4. The van der Waals surface area contributed by atoms with Crippen molar-refractivity contribution in [3.63, 3.8) is 0 Å². The summed E-state index contributed by atoms with van der Waals surface area (Å²) in [6, 6.07) is 16.1. The Balaban J connectivity index is 1.09. The van der Waals surface area contributed by atoms with E-state index in [0.29, 0.717) is 11.1 Å². The minimum absolute atomic E-state index is 0.0878. The molecule has 192 valence electrons. The van der Waals surface area contributed by atoms with Gasteiger partial charge in [0.05, 0.1) is 11.1 Å². The van der Waals surface area contributed by atoms with Gasteiger partial charge in [-0.3, -0.25) is 0 Å². The number of esters is 2. The SMILES string of the molecule is O=C(OC(=O)c1ccccc1C12CC3CC(CC(C3)C1)C2)c1ccccc1C12CC3CC(CC(C3)C1)C2. The molecule has 8 aliphatic carbocycles. The molecule has 3 nitrogen and oxygen atoms in total. The van der Waals surface area contributed by atoms with Crippen LogP contribution in [0.2, 0.25) is 0 Å². The predicted octanol–water partition coefficient (Wildman–Crippen LogP) is 7.62. The summed E-state index contributed by atoms with van der Waals surface area (Å²) in [6.07, 6.45) is 15.3. The molecule has 0 unspecified atom stereocenters. The van der Waals surface area contributed by atoms with Crippen LogP contribution in [0.15, 0.2) is 48.5 Å². The van der Waals surface area contributed by atoms with Gasteiger partial charge in [-0.05, 0) is 147 Å². The first-order valence-electron chi connectivity index (χ1n) is 14.9. The molecule has 2 aromatic carbocycles. The summed E-state index contributed by atoms with van der Waals surface area (Å²) >= 11 is 0. The normalized spacial score (nSPS) is 40.6. The Labute approximate surface area is 220 Å². The van der Waals surface area contributed by atoms with E-state index in [1.807, 2.05) is 24.3 Å². The quantitative estimate of drug-likeness (QED) is 0.324. The van der Waals surface area contributed by atoms with Crippen LogP contribution < -0.4 is 0 Å². The predicted molar refractivity (Wildman–Crippen MR) is 142 cm³/mol. The summed E-state index contributed by atoms with van der Waals surface area (Å²) in [5.74, 6) is 3.85. The van der Waals surface area contributed by atoms with Crippen LogP contribution in [0.25, 0.3) is 0 Å². The van der Waals surface area contributed by atoms with Gasteiger partial charge >= 0.3 is 11.9 Å². The van der Waals surface area contributed by atoms with Gasteiger partial charge in [0.25, 0.3) is 0 Å². The van der Waals surface area contributed by atoms with E-state index in [-0.39, 0.29) is 10.8 Å². The molecule has 0 amide bonds. The molecule has 10 rings (SSSR count). The van der Waals surface area contributed by atoms with Crippen LogP contribution in [0, 0.1) is 35.5 Å². The molecule has 0 N–H and O–H groups in total. The molecule has 8 bridgehead atoms. The highest BCUT2D eigenvalue weighted by Gasteiger charge is 2.54. The number of hydrogen-bond acceptors (Lipinski definition) is 3. The van der Waals surface area contributed by atoms with E-state index in [1.54, 1.807) is 0 Å². The van der Waals surface area contributed by atoms with E-state index in [4.69, 9.17) is 4.74 Å². The minimum atomic E-state index is -0.461. The fourth-order valence-corrected chi connectivity index (χ4v) is 11.3. The van der Waals surface area contributed by atoms with Crippen molar-refractivity contribution in [2.24, 2.45) is 35.5 Å². The lowest BCUT2D eigenvalue weighted by atomic mass is 9.47. The Hall–Kier alpha value is -2.42. The summed E-state index contributed by atoms with van der Waals surface area (Å²) < 4.78 is 5.75. The number of ether oxygens (including phenoxy) is 1. The van der Waals surface area contributed by atoms with Crippen molar-refractivity contribution in [2.75, 3.05) is 0 Å². The van der Waals surface area contributed by atoms with Crippen LogP contribution in [0.4, 0.5) is 0 Å². The smallest absolute Gasteiger partial charge is 0.346 e. The molecule has 8 saturated carbocycles. The molecule has 3 heteroatoms. The fraction of sp³-hybridized carbons (Fsp3) is 0.588. The number of hydrogen-bond donors (Lipinski definition) is 0. The molecule has 0 radical (unpaired) electrons. The molecule has 0 atom stereocenters. The summed E-state index contributed by atoms with van der Waals surface area (Å²) in [7, 11) is 0. The molecule has 37 heavy (non-hydrogen) atoms. The summed E-state index contributed by atoms with van der Waals surface area (Å²) in [5, 5.41) is 0. The van der Waals surface area contributed by atoms with E-state index in [9.17, 15) is 9.59 Å². The molecule has 0 aromatic heterocycles. The second-order valence-corrected chi connectivity index (χ2v) is 14.2. The average molecular weight is 495 g/mol. The van der Waals surface area contributed by atoms with Crippen molar-refractivity contribution in [3.8, 4) is 0 Å². The number of carbonyl (C=O) groups is 2. The van der Waals surface area contributed by atoms with Gasteiger partial charge in [-0.25, -0.2) is 9.59 Å². The summed E-state index contributed by atoms with van der Waals surface area (Å²) in [4.78, 5) is 27.3. The molecular weight excluding hydrogens is 456 g/mol. The molecule has 2 aromatic rings. The Bertz CT molecular complexity index is 1100. The van der Waals surface area contributed by atoms with Crippen molar-refractivity contribution >= 4 is 11.9 Å². The van der Waals surface area contributed by atoms with Crippen molar-refractivity contribution < 1.29 is 14.3 Å². The average Bonchev–Trinajstić information content (AvgIpc) is 2.87. The third-order valence-electron chi connectivity index (χ3n) is 11.7. The largest absolute Gasteiger partial charge is 0.386 e. The van der Waals surface area contributed by atoms with Gasteiger partial charge in [-0.15, -0.1) is 0 Å². The van der Waals surface area contributed by atoms with Crippen molar-refractivity contribution in [1.82, 2.24) is 0 Å². The van der Waals surface area contributed by atoms with Gasteiger partial charge in [0, 0.05) is 0 Å². The first kappa shape index (κ1) is 22.6. The maximum absolute atomic E-state index is 13.7. The highest BCUT2D eigenvalue weighted by Crippen LogP contribution is 2.62. The highest BCUT2D eigenvalue weighted by atomic mass is 16.6. The van der Waals surface area contributed by atoms with Crippen molar-refractivity contribution in [3.05, 3.63) is 70.8 Å². The second-order valence-electron chi connectivity index (χ2n) is 14.2. The van der Waals surface area contributed by atoms with E-state index >= 15 is 0 Å². The van der Waals surface area contributed by atoms with Crippen LogP contribution in [-0.4, -0.2) is 11.9 Å². The van der Waals surface area contributed by atoms with E-state index < -0.39 is 11.9 Å². The van der Waals surface area contributed by atoms with Crippen LogP contribution in [0.3, 0.4) is 0 Å². The van der Waals surface area contributed by atoms with Crippen LogP contribution in [0.1, 0.15) is 109 Å². The zero-order chi connectivity index (χ0) is 24.8. The maximum atomic E-state index is 13.7. The van der Waals surface area contributed by atoms with Crippen LogP contribution in [0.5, 0.6) is 0 Å². The zero-order valence-corrected chi connectivity index (χ0v) is 21.8. The maximum Gasteiger partial charge on any atom is 0.346 e. The summed E-state index contributed by atoms with van der Waals surface area (Å²) in [5.41, 5.74) is 3.69. The van der Waals surface area contributed by atoms with Gasteiger partial charge < -0.3 is 4.74 Å². The lowest BCUT2D eigenvalue weighted by molar-refractivity contribution is -0.00650. The van der Waals surface area contributed by atoms with Crippen LogP contribution >= 0.6 is 0 Å². The van der Waals surface area contributed by atoms with Crippen LogP contribution in [-0.2, 0) is 15.6 Å². The number of benzene rings is 2. The first-order valence-corrected chi connectivity index (χ1v) is 14.9. The molecule has 8 aliphatic rings. The molecule has 0 heterocycles. The number of carbonyl (C=O) groups excluding carboxylic acids is 2. The van der Waals surface area contributed by atoms with Gasteiger partial charge in [0.2, 0.25) is 0 Å². The van der Waals surface area contributed by atoms with Crippen molar-refractivity contribution in [1.29, 1.82) is 0 Å². The Kier molecular flexibility index (Phi) is 4.90. The molecule has 8 fully saturated rings. The van der Waals surface area contributed by atoms with Crippen molar-refractivity contribution in [2.45, 2.75) is 87.9 Å². The molecule has 0 spiro atoms. The standard InChI is InChI=1S/C34H38O3/c35-31(27-5-1-3-7-29(27)33-15-21-9-22(16-33)11-23(10-21)17-33)37-32(36)28-6-2-4-8-30(28)34-18-24-12-25(19-34)14-26(13-24)20-34/h1-8,21-26H,9-20H2. The minimum Gasteiger partial charge on any atom is -0.386 e. The monoisotopic (exact) mass is 494 g/mol. The molecule has 0 saturated heterocycles. The highest BCUT2D eigenvalue weighted by molar-refractivity contribution is 6.04. The van der Waals surface area contributed by atoms with Gasteiger partial charge in [0.15, 0.2) is 0 Å². The van der Waals surface area contributed by atoms with E-state index in [1.165, 1.54) is 77.0 Å². The summed E-state index contributed by atoms with van der Waals surface area (Å²) in [6.45, 7) is 0.